The standard InChI is InChI=1S/C10H20FNO/c1-8(2)6-12-5-4-9(13)10(3,11)7-12/h8-9,13H,4-7H2,1-3H3/t9-,10-/m0/s1. The van der Waals surface area contributed by atoms with Gasteiger partial charge in [-0.15, -0.1) is 0 Å². The van der Waals surface area contributed by atoms with E-state index in [1.54, 1.807) is 0 Å². The van der Waals surface area contributed by atoms with Crippen molar-refractivity contribution >= 4 is 0 Å². The highest BCUT2D eigenvalue weighted by molar-refractivity contribution is 4.90. The molecule has 0 saturated carbocycles. The van der Waals surface area contributed by atoms with Crippen LogP contribution in [0.3, 0.4) is 0 Å². The number of likely N-dealkylation sites (tertiary alicyclic amines) is 1. The first-order chi connectivity index (χ1) is 5.92. The molecule has 1 heterocycles. The van der Waals surface area contributed by atoms with Gasteiger partial charge in [0.15, 0.2) is 0 Å². The van der Waals surface area contributed by atoms with E-state index in [1.165, 1.54) is 6.92 Å². The van der Waals surface area contributed by atoms with Gasteiger partial charge in [-0.05, 0) is 19.3 Å². The van der Waals surface area contributed by atoms with Gasteiger partial charge in [-0.2, -0.15) is 0 Å². The average molecular weight is 189 g/mol. The maximum absolute atomic E-state index is 13.7. The molecule has 0 unspecified atom stereocenters. The molecule has 1 N–H and O–H groups in total. The van der Waals surface area contributed by atoms with Crippen LogP contribution in [0.15, 0.2) is 0 Å². The third-order valence-electron chi connectivity index (χ3n) is 2.57. The molecule has 0 radical (unpaired) electrons. The summed E-state index contributed by atoms with van der Waals surface area (Å²) in [6, 6.07) is 0. The normalized spacial score (nSPS) is 36.9. The number of piperidine rings is 1. The molecule has 0 amide bonds. The minimum atomic E-state index is -1.42. The Balaban J connectivity index is 2.46. The lowest BCUT2D eigenvalue weighted by molar-refractivity contribution is -0.0592. The van der Waals surface area contributed by atoms with Gasteiger partial charge in [0.05, 0.1) is 6.10 Å². The number of nitrogens with zero attached hydrogens (tertiary/aromatic N) is 1. The molecule has 2 nitrogen and oxygen atoms in total. The molecule has 1 aliphatic heterocycles. The number of hydrogen-bond donors (Lipinski definition) is 1. The molecule has 0 aliphatic carbocycles. The minimum absolute atomic E-state index is 0.367. The van der Waals surface area contributed by atoms with Crippen LogP contribution >= 0.6 is 0 Å². The summed E-state index contributed by atoms with van der Waals surface area (Å²) in [4.78, 5) is 2.09. The second kappa shape index (κ2) is 3.93. The topological polar surface area (TPSA) is 23.5 Å². The third-order valence-corrected chi connectivity index (χ3v) is 2.57. The molecule has 1 rings (SSSR count). The Hall–Kier alpha value is -0.150. The van der Waals surface area contributed by atoms with Crippen LogP contribution in [0.2, 0.25) is 0 Å². The Morgan fingerprint density at radius 1 is 1.62 bits per heavy atom. The lowest BCUT2D eigenvalue weighted by Crippen LogP contribution is -2.52. The van der Waals surface area contributed by atoms with E-state index in [2.05, 4.69) is 18.7 Å². The lowest BCUT2D eigenvalue weighted by atomic mass is 9.93. The smallest absolute Gasteiger partial charge is 0.146 e. The minimum Gasteiger partial charge on any atom is -0.390 e. The van der Waals surface area contributed by atoms with Gasteiger partial charge >= 0.3 is 0 Å². The van der Waals surface area contributed by atoms with Gasteiger partial charge in [-0.1, -0.05) is 13.8 Å². The summed E-state index contributed by atoms with van der Waals surface area (Å²) >= 11 is 0. The van der Waals surface area contributed by atoms with Gasteiger partial charge in [-0.3, -0.25) is 4.90 Å². The quantitative estimate of drug-likeness (QED) is 0.710. The van der Waals surface area contributed by atoms with E-state index < -0.39 is 11.8 Å². The number of aliphatic hydroxyl groups is 1. The van der Waals surface area contributed by atoms with Crippen molar-refractivity contribution in [3.8, 4) is 0 Å². The zero-order valence-corrected chi connectivity index (χ0v) is 8.76. The zero-order valence-electron chi connectivity index (χ0n) is 8.76. The SMILES string of the molecule is CC(C)CN1CC[C@H](O)[C@@](C)(F)C1. The Bertz CT molecular complexity index is 170. The number of aliphatic hydroxyl groups excluding tert-OH is 1. The van der Waals surface area contributed by atoms with Crippen molar-refractivity contribution in [1.29, 1.82) is 0 Å². The first-order valence-corrected chi connectivity index (χ1v) is 5.01. The van der Waals surface area contributed by atoms with Crippen LogP contribution in [-0.4, -0.2) is 41.4 Å². The molecular formula is C10H20FNO. The molecule has 78 valence electrons. The number of rotatable bonds is 2. The van der Waals surface area contributed by atoms with Crippen LogP contribution in [0.1, 0.15) is 27.2 Å². The maximum atomic E-state index is 13.7. The van der Waals surface area contributed by atoms with Crippen molar-refractivity contribution in [1.82, 2.24) is 4.90 Å². The van der Waals surface area contributed by atoms with E-state index in [9.17, 15) is 9.50 Å². The van der Waals surface area contributed by atoms with Gasteiger partial charge in [0.25, 0.3) is 0 Å². The zero-order chi connectivity index (χ0) is 10.1. The van der Waals surface area contributed by atoms with Crippen molar-refractivity contribution in [2.45, 2.75) is 39.0 Å². The van der Waals surface area contributed by atoms with Crippen LogP contribution in [0.4, 0.5) is 4.39 Å². The molecule has 0 bridgehead atoms. The van der Waals surface area contributed by atoms with Crippen molar-refractivity contribution < 1.29 is 9.50 Å². The summed E-state index contributed by atoms with van der Waals surface area (Å²) < 4.78 is 13.7. The Kier molecular flexibility index (Phi) is 3.30. The Labute approximate surface area is 79.7 Å². The Morgan fingerprint density at radius 3 is 2.69 bits per heavy atom. The highest BCUT2D eigenvalue weighted by atomic mass is 19.1. The summed E-state index contributed by atoms with van der Waals surface area (Å²) in [7, 11) is 0. The highest BCUT2D eigenvalue weighted by Crippen LogP contribution is 2.25. The van der Waals surface area contributed by atoms with Crippen molar-refractivity contribution in [2.75, 3.05) is 19.6 Å². The monoisotopic (exact) mass is 189 g/mol. The average Bonchev–Trinajstić information content (AvgIpc) is 1.95. The largest absolute Gasteiger partial charge is 0.390 e. The second-order valence-electron chi connectivity index (χ2n) is 4.71. The van der Waals surface area contributed by atoms with Crippen LogP contribution in [0.25, 0.3) is 0 Å². The fourth-order valence-electron chi connectivity index (χ4n) is 1.90. The molecule has 0 aromatic carbocycles. The number of halogens is 1. The maximum Gasteiger partial charge on any atom is 0.146 e. The summed E-state index contributed by atoms with van der Waals surface area (Å²) in [6.07, 6.45) is -0.226. The van der Waals surface area contributed by atoms with E-state index in [0.717, 1.165) is 13.1 Å². The molecule has 3 heteroatoms. The first-order valence-electron chi connectivity index (χ1n) is 5.01. The van der Waals surface area contributed by atoms with Crippen LogP contribution in [-0.2, 0) is 0 Å². The van der Waals surface area contributed by atoms with Crippen LogP contribution < -0.4 is 0 Å². The molecule has 0 aromatic heterocycles. The van der Waals surface area contributed by atoms with E-state index in [1.807, 2.05) is 0 Å². The second-order valence-corrected chi connectivity index (χ2v) is 4.71. The van der Waals surface area contributed by atoms with Crippen molar-refractivity contribution in [3.63, 3.8) is 0 Å². The lowest BCUT2D eigenvalue weighted by Gasteiger charge is -2.39. The van der Waals surface area contributed by atoms with Crippen molar-refractivity contribution in [3.05, 3.63) is 0 Å². The van der Waals surface area contributed by atoms with E-state index in [0.29, 0.717) is 18.9 Å². The molecule has 1 saturated heterocycles. The van der Waals surface area contributed by atoms with Crippen LogP contribution in [0.5, 0.6) is 0 Å². The highest BCUT2D eigenvalue weighted by Gasteiger charge is 2.38. The van der Waals surface area contributed by atoms with Crippen LogP contribution in [0, 0.1) is 5.92 Å². The molecule has 0 aromatic rings. The molecule has 1 aliphatic rings. The van der Waals surface area contributed by atoms with Gasteiger partial charge in [0.2, 0.25) is 0 Å². The fourth-order valence-corrected chi connectivity index (χ4v) is 1.90. The third kappa shape index (κ3) is 2.92. The molecular weight excluding hydrogens is 169 g/mol. The molecule has 2 atom stereocenters. The van der Waals surface area contributed by atoms with Gasteiger partial charge < -0.3 is 5.11 Å². The van der Waals surface area contributed by atoms with Gasteiger partial charge in [0, 0.05) is 19.6 Å². The summed E-state index contributed by atoms with van der Waals surface area (Å²) in [5.41, 5.74) is -1.42. The predicted octanol–water partition coefficient (Wildman–Crippen LogP) is 1.44. The predicted molar refractivity (Wildman–Crippen MR) is 51.4 cm³/mol. The van der Waals surface area contributed by atoms with Crippen molar-refractivity contribution in [2.24, 2.45) is 5.92 Å². The fraction of sp³-hybridized carbons (Fsp3) is 1.00. The Morgan fingerprint density at radius 2 is 2.23 bits per heavy atom. The first kappa shape index (κ1) is 10.9. The molecule has 1 fully saturated rings. The van der Waals surface area contributed by atoms with E-state index in [-0.39, 0.29) is 0 Å². The number of hydrogen-bond acceptors (Lipinski definition) is 2. The summed E-state index contributed by atoms with van der Waals surface area (Å²) in [5, 5.41) is 9.39. The summed E-state index contributed by atoms with van der Waals surface area (Å²) in [5.74, 6) is 0.561. The summed E-state index contributed by atoms with van der Waals surface area (Å²) in [6.45, 7) is 7.85. The van der Waals surface area contributed by atoms with Gasteiger partial charge in [0.1, 0.15) is 5.67 Å². The van der Waals surface area contributed by atoms with E-state index in [4.69, 9.17) is 0 Å². The number of alkyl halides is 1. The van der Waals surface area contributed by atoms with E-state index >= 15 is 0 Å². The molecule has 13 heavy (non-hydrogen) atoms. The van der Waals surface area contributed by atoms with Gasteiger partial charge in [-0.25, -0.2) is 4.39 Å². The molecule has 0 spiro atoms.